The Kier molecular flexibility index (Phi) is 6.64. The molecule has 38 heavy (non-hydrogen) atoms. The number of aromatic nitrogens is 1. The van der Waals surface area contributed by atoms with E-state index in [1.54, 1.807) is 49.4 Å². The summed E-state index contributed by atoms with van der Waals surface area (Å²) in [6, 6.07) is 17.2. The standard InChI is InChI=1S/C27H19ClN2O6S2/c1-15-12-18(31)10-11-20(15)24(32)22-23(16-6-5-7-17(28)13-16)30(26(34)25(22)33)27-29-14-21(37-27)38(35,36)19-8-3-2-4-9-19/h2-14,22-23,31H,1H3. The Morgan fingerprint density at radius 1 is 1.03 bits per heavy atom. The van der Waals surface area contributed by atoms with Gasteiger partial charge in [-0.25, -0.2) is 13.4 Å². The van der Waals surface area contributed by atoms with E-state index in [9.17, 15) is 27.9 Å². The number of hydrogen-bond acceptors (Lipinski definition) is 8. The molecular weight excluding hydrogens is 548 g/mol. The van der Waals surface area contributed by atoms with Gasteiger partial charge < -0.3 is 5.11 Å². The van der Waals surface area contributed by atoms with Gasteiger partial charge in [0.25, 0.3) is 5.91 Å². The van der Waals surface area contributed by atoms with Crippen molar-refractivity contribution in [1.29, 1.82) is 0 Å². The van der Waals surface area contributed by atoms with Gasteiger partial charge in [0.05, 0.1) is 17.1 Å². The Morgan fingerprint density at radius 3 is 2.45 bits per heavy atom. The lowest BCUT2D eigenvalue weighted by Gasteiger charge is -2.25. The van der Waals surface area contributed by atoms with Gasteiger partial charge in [0.15, 0.2) is 10.9 Å². The highest BCUT2D eigenvalue weighted by atomic mass is 35.5. The molecule has 2 atom stereocenters. The molecule has 1 saturated heterocycles. The minimum absolute atomic E-state index is 0.0411. The van der Waals surface area contributed by atoms with E-state index >= 15 is 0 Å². The van der Waals surface area contributed by atoms with Crippen molar-refractivity contribution < 1.29 is 27.9 Å². The molecule has 0 aliphatic carbocycles. The van der Waals surface area contributed by atoms with Crippen LogP contribution in [0.4, 0.5) is 5.13 Å². The Morgan fingerprint density at radius 2 is 1.76 bits per heavy atom. The number of aryl methyl sites for hydroxylation is 1. The average molecular weight is 567 g/mol. The van der Waals surface area contributed by atoms with Crippen molar-refractivity contribution in [2.24, 2.45) is 5.92 Å². The zero-order chi connectivity index (χ0) is 27.2. The van der Waals surface area contributed by atoms with Gasteiger partial charge in [-0.2, -0.15) is 0 Å². The molecule has 0 saturated carbocycles. The van der Waals surface area contributed by atoms with Crippen LogP contribution in [0, 0.1) is 12.8 Å². The first-order valence-electron chi connectivity index (χ1n) is 11.3. The number of phenols is 1. The van der Waals surface area contributed by atoms with Crippen LogP contribution >= 0.6 is 22.9 Å². The van der Waals surface area contributed by atoms with Crippen LogP contribution in [0.25, 0.3) is 0 Å². The second-order valence-electron chi connectivity index (χ2n) is 8.66. The maximum Gasteiger partial charge on any atom is 0.297 e. The van der Waals surface area contributed by atoms with Crippen molar-refractivity contribution in [1.82, 2.24) is 4.98 Å². The zero-order valence-electron chi connectivity index (χ0n) is 19.7. The summed E-state index contributed by atoms with van der Waals surface area (Å²) in [7, 11) is -3.93. The van der Waals surface area contributed by atoms with E-state index in [2.05, 4.69) is 4.98 Å². The molecule has 1 fully saturated rings. The van der Waals surface area contributed by atoms with Crippen molar-refractivity contribution in [3.8, 4) is 5.75 Å². The van der Waals surface area contributed by atoms with Crippen molar-refractivity contribution in [3.05, 3.63) is 101 Å². The lowest BCUT2D eigenvalue weighted by atomic mass is 9.85. The number of amides is 1. The molecule has 0 radical (unpaired) electrons. The van der Waals surface area contributed by atoms with Gasteiger partial charge >= 0.3 is 0 Å². The Bertz CT molecular complexity index is 1700. The summed E-state index contributed by atoms with van der Waals surface area (Å²) in [5.74, 6) is -4.03. The number of thiazole rings is 1. The van der Waals surface area contributed by atoms with Gasteiger partial charge in [-0.1, -0.05) is 53.3 Å². The summed E-state index contributed by atoms with van der Waals surface area (Å²) >= 11 is 6.95. The van der Waals surface area contributed by atoms with Gasteiger partial charge in [-0.3, -0.25) is 19.3 Å². The summed E-state index contributed by atoms with van der Waals surface area (Å²) in [4.78, 5) is 45.7. The van der Waals surface area contributed by atoms with Crippen LogP contribution in [0.15, 0.2) is 88.1 Å². The quantitative estimate of drug-likeness (QED) is 0.202. The smallest absolute Gasteiger partial charge is 0.297 e. The topological polar surface area (TPSA) is 122 Å². The number of halogens is 1. The molecule has 0 spiro atoms. The van der Waals surface area contributed by atoms with E-state index in [1.807, 2.05) is 0 Å². The molecule has 2 heterocycles. The number of Topliss-reactive ketones (excluding diaryl/α,β-unsaturated/α-hetero) is 2. The average Bonchev–Trinajstić information content (AvgIpc) is 3.48. The lowest BCUT2D eigenvalue weighted by Crippen LogP contribution is -2.30. The number of anilines is 1. The molecule has 192 valence electrons. The number of aromatic hydroxyl groups is 1. The Balaban J connectivity index is 1.63. The molecule has 4 aromatic rings. The number of hydrogen-bond donors (Lipinski definition) is 1. The van der Waals surface area contributed by atoms with E-state index in [1.165, 1.54) is 30.3 Å². The molecule has 0 bridgehead atoms. The summed E-state index contributed by atoms with van der Waals surface area (Å²) in [6.07, 6.45) is 1.13. The predicted molar refractivity (Wildman–Crippen MR) is 141 cm³/mol. The molecule has 5 rings (SSSR count). The zero-order valence-corrected chi connectivity index (χ0v) is 22.1. The molecule has 1 N–H and O–H groups in total. The van der Waals surface area contributed by atoms with Crippen LogP contribution in [-0.2, 0) is 19.4 Å². The molecule has 1 aliphatic heterocycles. The maximum absolute atomic E-state index is 13.7. The second kappa shape index (κ2) is 9.79. The molecule has 3 aromatic carbocycles. The molecule has 1 aromatic heterocycles. The van der Waals surface area contributed by atoms with Crippen LogP contribution < -0.4 is 4.90 Å². The first kappa shape index (κ1) is 25.8. The molecule has 1 amide bonds. The van der Waals surface area contributed by atoms with Crippen LogP contribution in [0.1, 0.15) is 27.5 Å². The third-order valence-electron chi connectivity index (χ3n) is 6.25. The highest BCUT2D eigenvalue weighted by Crippen LogP contribution is 2.44. The number of benzene rings is 3. The monoisotopic (exact) mass is 566 g/mol. The van der Waals surface area contributed by atoms with E-state index in [0.29, 0.717) is 16.1 Å². The van der Waals surface area contributed by atoms with E-state index < -0.39 is 39.3 Å². The molecule has 8 nitrogen and oxygen atoms in total. The fourth-order valence-electron chi connectivity index (χ4n) is 4.46. The van der Waals surface area contributed by atoms with Crippen LogP contribution in [0.2, 0.25) is 5.02 Å². The van der Waals surface area contributed by atoms with Crippen molar-refractivity contribution in [2.45, 2.75) is 22.1 Å². The molecule has 11 heteroatoms. The van der Waals surface area contributed by atoms with Gasteiger partial charge in [-0.15, -0.1) is 0 Å². The van der Waals surface area contributed by atoms with Crippen molar-refractivity contribution >= 4 is 55.4 Å². The summed E-state index contributed by atoms with van der Waals surface area (Å²) in [5.41, 5.74) is 1.02. The normalized spacial score (nSPS) is 17.7. The van der Waals surface area contributed by atoms with Crippen LogP contribution in [0.5, 0.6) is 5.75 Å². The third-order valence-corrected chi connectivity index (χ3v) is 9.71. The van der Waals surface area contributed by atoms with E-state index in [0.717, 1.165) is 22.4 Å². The highest BCUT2D eigenvalue weighted by molar-refractivity contribution is 7.93. The number of nitrogens with zero attached hydrogens (tertiary/aromatic N) is 2. The fraction of sp³-hybridized carbons (Fsp3) is 0.111. The Labute approximate surface area is 227 Å². The predicted octanol–water partition coefficient (Wildman–Crippen LogP) is 4.80. The van der Waals surface area contributed by atoms with Gasteiger partial charge in [0.1, 0.15) is 15.9 Å². The lowest BCUT2D eigenvalue weighted by molar-refractivity contribution is -0.135. The number of phenolic OH excluding ortho intramolecular Hbond substituents is 1. The first-order valence-corrected chi connectivity index (χ1v) is 14.0. The minimum Gasteiger partial charge on any atom is -0.508 e. The summed E-state index contributed by atoms with van der Waals surface area (Å²) < 4.78 is 26.2. The molecular formula is C27H19ClN2O6S2. The number of ketones is 2. The number of carbonyl (C=O) groups excluding carboxylic acids is 3. The van der Waals surface area contributed by atoms with Crippen LogP contribution in [0.3, 0.4) is 0 Å². The Hall–Kier alpha value is -3.86. The van der Waals surface area contributed by atoms with Gasteiger partial charge in [-0.05, 0) is 60.5 Å². The van der Waals surface area contributed by atoms with Crippen molar-refractivity contribution in [3.63, 3.8) is 0 Å². The third kappa shape index (κ3) is 4.40. The number of rotatable bonds is 6. The minimum atomic E-state index is -3.93. The van der Waals surface area contributed by atoms with E-state index in [4.69, 9.17) is 11.6 Å². The second-order valence-corrected chi connectivity index (χ2v) is 12.3. The van der Waals surface area contributed by atoms with Crippen LogP contribution in [-0.4, -0.2) is 36.0 Å². The SMILES string of the molecule is Cc1cc(O)ccc1C(=O)C1C(=O)C(=O)N(c2ncc(S(=O)(=O)c3ccccc3)s2)C1c1cccc(Cl)c1. The highest BCUT2D eigenvalue weighted by Gasteiger charge is 2.53. The van der Waals surface area contributed by atoms with Gasteiger partial charge in [0, 0.05) is 10.6 Å². The maximum atomic E-state index is 13.7. The first-order chi connectivity index (χ1) is 18.1. The summed E-state index contributed by atoms with van der Waals surface area (Å²) in [6.45, 7) is 1.61. The fourth-order valence-corrected chi connectivity index (χ4v) is 7.24. The van der Waals surface area contributed by atoms with E-state index in [-0.39, 0.29) is 25.5 Å². The number of carbonyl (C=O) groups is 3. The largest absolute Gasteiger partial charge is 0.508 e. The van der Waals surface area contributed by atoms with Gasteiger partial charge in [0.2, 0.25) is 15.6 Å². The summed E-state index contributed by atoms with van der Waals surface area (Å²) in [5, 5.41) is 10.1. The molecule has 1 aliphatic rings. The number of sulfone groups is 1. The molecule has 2 unspecified atom stereocenters. The van der Waals surface area contributed by atoms with Crippen molar-refractivity contribution in [2.75, 3.05) is 4.90 Å².